The summed E-state index contributed by atoms with van der Waals surface area (Å²) in [4.78, 5) is 4.09. The van der Waals surface area contributed by atoms with Crippen molar-refractivity contribution in [3.05, 3.63) is 57.2 Å². The van der Waals surface area contributed by atoms with Gasteiger partial charge in [0.2, 0.25) is 0 Å². The lowest BCUT2D eigenvalue weighted by atomic mass is 10.0. The van der Waals surface area contributed by atoms with Gasteiger partial charge in [-0.05, 0) is 36.2 Å². The number of nitrogen functional groups attached to an aromatic ring is 1. The monoisotopic (exact) mass is 266 g/mol. The first-order valence-corrected chi connectivity index (χ1v) is 5.97. The topological polar surface area (TPSA) is 38.9 Å². The molecule has 0 aliphatic carbocycles. The van der Waals surface area contributed by atoms with Crippen LogP contribution in [-0.4, -0.2) is 4.98 Å². The molecular weight excluding hydrogens is 255 g/mol. The highest BCUT2D eigenvalue weighted by molar-refractivity contribution is 6.35. The highest BCUT2D eigenvalue weighted by atomic mass is 35.5. The van der Waals surface area contributed by atoms with Crippen LogP contribution in [0.2, 0.25) is 10.0 Å². The fourth-order valence-electron chi connectivity index (χ4n) is 1.70. The Morgan fingerprint density at radius 1 is 1.24 bits per heavy atom. The molecule has 0 unspecified atom stereocenters. The summed E-state index contributed by atoms with van der Waals surface area (Å²) in [6, 6.07) is 7.41. The van der Waals surface area contributed by atoms with E-state index in [2.05, 4.69) is 4.98 Å². The zero-order valence-electron chi connectivity index (χ0n) is 9.37. The van der Waals surface area contributed by atoms with Crippen molar-refractivity contribution in [1.29, 1.82) is 0 Å². The molecule has 0 saturated heterocycles. The Morgan fingerprint density at radius 3 is 2.65 bits per heavy atom. The Balaban J connectivity index is 2.38. The molecule has 1 aromatic carbocycles. The molecule has 0 aliphatic rings. The van der Waals surface area contributed by atoms with Crippen molar-refractivity contribution >= 4 is 29.0 Å². The van der Waals surface area contributed by atoms with Gasteiger partial charge in [0.1, 0.15) is 5.82 Å². The number of nitrogens with two attached hydrogens (primary N) is 1. The number of nitrogens with zero attached hydrogens (tertiary/aromatic N) is 1. The van der Waals surface area contributed by atoms with Gasteiger partial charge in [-0.15, -0.1) is 0 Å². The van der Waals surface area contributed by atoms with E-state index >= 15 is 0 Å². The van der Waals surface area contributed by atoms with Crippen molar-refractivity contribution in [2.75, 3.05) is 5.73 Å². The fourth-order valence-corrected chi connectivity index (χ4v) is 2.17. The average Bonchev–Trinajstić information content (AvgIpc) is 2.26. The zero-order chi connectivity index (χ0) is 12.4. The van der Waals surface area contributed by atoms with Crippen LogP contribution in [0.3, 0.4) is 0 Å². The van der Waals surface area contributed by atoms with Gasteiger partial charge in [0.25, 0.3) is 0 Å². The first-order valence-electron chi connectivity index (χ1n) is 5.22. The molecule has 2 rings (SSSR count). The maximum Gasteiger partial charge on any atom is 0.127 e. The first kappa shape index (κ1) is 12.2. The largest absolute Gasteiger partial charge is 0.383 e. The van der Waals surface area contributed by atoms with Gasteiger partial charge in [0.05, 0.1) is 0 Å². The maximum atomic E-state index is 6.14. The number of rotatable bonds is 2. The predicted octanol–water partition coefficient (Wildman–Crippen LogP) is 3.87. The van der Waals surface area contributed by atoms with E-state index in [0.29, 0.717) is 22.3 Å². The van der Waals surface area contributed by atoms with E-state index < -0.39 is 0 Å². The molecule has 0 amide bonds. The van der Waals surface area contributed by atoms with Crippen molar-refractivity contribution in [3.63, 3.8) is 0 Å². The van der Waals surface area contributed by atoms with Gasteiger partial charge in [-0.3, -0.25) is 0 Å². The Hall–Kier alpha value is -1.25. The van der Waals surface area contributed by atoms with Crippen LogP contribution in [0.5, 0.6) is 0 Å². The number of aryl methyl sites for hydroxylation is 1. The van der Waals surface area contributed by atoms with E-state index in [0.717, 1.165) is 16.7 Å². The third kappa shape index (κ3) is 2.71. The molecule has 0 aliphatic heterocycles. The molecule has 0 atom stereocenters. The van der Waals surface area contributed by atoms with E-state index in [9.17, 15) is 0 Å². The van der Waals surface area contributed by atoms with Crippen molar-refractivity contribution in [2.45, 2.75) is 13.3 Å². The van der Waals surface area contributed by atoms with Crippen molar-refractivity contribution < 1.29 is 0 Å². The van der Waals surface area contributed by atoms with Crippen LogP contribution in [0.15, 0.2) is 30.5 Å². The summed E-state index contributed by atoms with van der Waals surface area (Å²) in [6.45, 7) is 2.01. The molecule has 2 N–H and O–H groups in total. The van der Waals surface area contributed by atoms with Crippen molar-refractivity contribution in [1.82, 2.24) is 4.98 Å². The van der Waals surface area contributed by atoms with Gasteiger partial charge >= 0.3 is 0 Å². The van der Waals surface area contributed by atoms with Gasteiger partial charge < -0.3 is 5.73 Å². The van der Waals surface area contributed by atoms with Gasteiger partial charge in [-0.1, -0.05) is 29.3 Å². The van der Waals surface area contributed by atoms with Gasteiger partial charge in [-0.25, -0.2) is 4.98 Å². The number of anilines is 1. The zero-order valence-corrected chi connectivity index (χ0v) is 10.9. The molecule has 2 aromatic rings. The molecule has 88 valence electrons. The lowest BCUT2D eigenvalue weighted by molar-refractivity contribution is 1.12. The quantitative estimate of drug-likeness (QED) is 0.897. The molecule has 17 heavy (non-hydrogen) atoms. The SMILES string of the molecule is Cc1ccnc(N)c1Cc1ccc(Cl)cc1Cl. The maximum absolute atomic E-state index is 6.14. The molecule has 0 saturated carbocycles. The molecule has 1 heterocycles. The third-order valence-electron chi connectivity index (χ3n) is 2.71. The lowest BCUT2D eigenvalue weighted by Gasteiger charge is -2.09. The smallest absolute Gasteiger partial charge is 0.127 e. The number of benzene rings is 1. The second-order valence-electron chi connectivity index (χ2n) is 3.90. The van der Waals surface area contributed by atoms with Crippen LogP contribution < -0.4 is 5.73 Å². The molecule has 2 nitrogen and oxygen atoms in total. The summed E-state index contributed by atoms with van der Waals surface area (Å²) >= 11 is 12.0. The Bertz CT molecular complexity index is 533. The fraction of sp³-hybridized carbons (Fsp3) is 0.154. The van der Waals surface area contributed by atoms with E-state index in [-0.39, 0.29) is 0 Å². The van der Waals surface area contributed by atoms with Gasteiger partial charge in [0.15, 0.2) is 0 Å². The molecule has 0 bridgehead atoms. The number of pyridine rings is 1. The average molecular weight is 267 g/mol. The van der Waals surface area contributed by atoms with Crippen molar-refractivity contribution in [2.24, 2.45) is 0 Å². The molecule has 0 fully saturated rings. The van der Waals surface area contributed by atoms with Gasteiger partial charge in [0, 0.05) is 28.2 Å². The van der Waals surface area contributed by atoms with E-state index in [1.807, 2.05) is 25.1 Å². The Morgan fingerprint density at radius 2 is 2.00 bits per heavy atom. The summed E-state index contributed by atoms with van der Waals surface area (Å²) in [5, 5.41) is 1.29. The summed E-state index contributed by atoms with van der Waals surface area (Å²) in [6.07, 6.45) is 2.37. The van der Waals surface area contributed by atoms with Crippen LogP contribution in [0.4, 0.5) is 5.82 Å². The minimum Gasteiger partial charge on any atom is -0.383 e. The summed E-state index contributed by atoms with van der Waals surface area (Å²) in [5.41, 5.74) is 8.99. The summed E-state index contributed by atoms with van der Waals surface area (Å²) in [7, 11) is 0. The molecular formula is C13H12Cl2N2. The normalized spacial score (nSPS) is 10.5. The summed E-state index contributed by atoms with van der Waals surface area (Å²) < 4.78 is 0. The number of hydrogen-bond acceptors (Lipinski definition) is 2. The van der Waals surface area contributed by atoms with Crippen molar-refractivity contribution in [3.8, 4) is 0 Å². The van der Waals surface area contributed by atoms with Crippen LogP contribution in [-0.2, 0) is 6.42 Å². The van der Waals surface area contributed by atoms with E-state index in [1.165, 1.54) is 0 Å². The van der Waals surface area contributed by atoms with Gasteiger partial charge in [-0.2, -0.15) is 0 Å². The minimum atomic E-state index is 0.552. The molecule has 4 heteroatoms. The molecule has 1 aromatic heterocycles. The standard InChI is InChI=1S/C13H12Cl2N2/c1-8-4-5-17-13(16)11(8)6-9-2-3-10(14)7-12(9)15/h2-5,7H,6H2,1H3,(H2,16,17). The van der Waals surface area contributed by atoms with E-state index in [1.54, 1.807) is 12.3 Å². The highest BCUT2D eigenvalue weighted by Gasteiger charge is 2.08. The first-order chi connectivity index (χ1) is 8.08. The van der Waals surface area contributed by atoms with E-state index in [4.69, 9.17) is 28.9 Å². The van der Waals surface area contributed by atoms with Crippen LogP contribution in [0.1, 0.15) is 16.7 Å². The van der Waals surface area contributed by atoms with Crippen LogP contribution in [0.25, 0.3) is 0 Å². The molecule has 0 spiro atoms. The Labute approximate surface area is 110 Å². The number of hydrogen-bond donors (Lipinski definition) is 1. The number of aromatic nitrogens is 1. The second-order valence-corrected chi connectivity index (χ2v) is 4.75. The predicted molar refractivity (Wildman–Crippen MR) is 72.7 cm³/mol. The lowest BCUT2D eigenvalue weighted by Crippen LogP contribution is -2.01. The minimum absolute atomic E-state index is 0.552. The number of halogens is 2. The second kappa shape index (κ2) is 4.94. The van der Waals surface area contributed by atoms with Crippen LogP contribution in [0, 0.1) is 6.92 Å². The Kier molecular flexibility index (Phi) is 3.55. The van der Waals surface area contributed by atoms with Crippen LogP contribution >= 0.6 is 23.2 Å². The molecule has 0 radical (unpaired) electrons. The summed E-state index contributed by atoms with van der Waals surface area (Å²) in [5.74, 6) is 0.552. The third-order valence-corrected chi connectivity index (χ3v) is 3.29. The highest BCUT2D eigenvalue weighted by Crippen LogP contribution is 2.25.